The second-order valence-corrected chi connectivity index (χ2v) is 6.61. The van der Waals surface area contributed by atoms with Crippen LogP contribution in [0.2, 0.25) is 0 Å². The third-order valence-corrected chi connectivity index (χ3v) is 4.22. The van der Waals surface area contributed by atoms with Crippen LogP contribution in [0.15, 0.2) is 12.2 Å². The smallest absolute Gasteiger partial charge is 0.303 e. The number of hydrogen-bond donors (Lipinski definition) is 2. The first kappa shape index (κ1) is 22.2. The molecule has 0 rings (SSSR count). The summed E-state index contributed by atoms with van der Waals surface area (Å²) in [4.78, 5) is 10.4. The van der Waals surface area contributed by atoms with E-state index in [4.69, 9.17) is 5.11 Å². The van der Waals surface area contributed by atoms with Crippen LogP contribution in [0.25, 0.3) is 0 Å². The van der Waals surface area contributed by atoms with Crippen LogP contribution in [0, 0.1) is 0 Å². The summed E-state index contributed by atoms with van der Waals surface area (Å²) >= 11 is 0. The zero-order chi connectivity index (χ0) is 17.2. The van der Waals surface area contributed by atoms with Gasteiger partial charge < -0.3 is 10.2 Å². The first-order valence-corrected chi connectivity index (χ1v) is 9.73. The summed E-state index contributed by atoms with van der Waals surface area (Å²) < 4.78 is 0. The summed E-state index contributed by atoms with van der Waals surface area (Å²) in [6, 6.07) is 0. The maximum absolute atomic E-state index is 10.4. The topological polar surface area (TPSA) is 57.5 Å². The van der Waals surface area contributed by atoms with Crippen molar-refractivity contribution in [3.8, 4) is 0 Å². The number of aliphatic hydroxyl groups is 1. The number of unbranched alkanes of at least 4 members (excludes halogenated alkanes) is 11. The first-order valence-electron chi connectivity index (χ1n) is 9.73. The lowest BCUT2D eigenvalue weighted by atomic mass is 10.0. The summed E-state index contributed by atoms with van der Waals surface area (Å²) in [6.07, 6.45) is 20.5. The molecule has 0 aliphatic rings. The highest BCUT2D eigenvalue weighted by Gasteiger charge is 1.98. The maximum Gasteiger partial charge on any atom is 0.303 e. The number of carboxylic acids is 1. The van der Waals surface area contributed by atoms with Crippen molar-refractivity contribution in [1.82, 2.24) is 0 Å². The van der Waals surface area contributed by atoms with Crippen molar-refractivity contribution >= 4 is 5.97 Å². The van der Waals surface area contributed by atoms with Crippen LogP contribution in [0.5, 0.6) is 0 Å². The number of aliphatic carboxylic acids is 1. The van der Waals surface area contributed by atoms with Gasteiger partial charge in [-0.3, -0.25) is 4.79 Å². The molecule has 0 aliphatic carbocycles. The fourth-order valence-corrected chi connectivity index (χ4v) is 2.72. The Kier molecular flexibility index (Phi) is 16.9. The number of carboxylic acid groups (broad SMARTS) is 1. The van der Waals surface area contributed by atoms with Crippen molar-refractivity contribution in [1.29, 1.82) is 0 Å². The zero-order valence-corrected chi connectivity index (χ0v) is 15.1. The minimum atomic E-state index is -0.671. The highest BCUT2D eigenvalue weighted by Crippen LogP contribution is 2.12. The molecular formula is C20H38O3. The van der Waals surface area contributed by atoms with E-state index in [0.717, 1.165) is 38.5 Å². The Morgan fingerprint density at radius 1 is 0.870 bits per heavy atom. The van der Waals surface area contributed by atoms with Gasteiger partial charge in [0.2, 0.25) is 0 Å². The van der Waals surface area contributed by atoms with Crippen LogP contribution >= 0.6 is 0 Å². The normalized spacial score (nSPS) is 12.8. The lowest BCUT2D eigenvalue weighted by molar-refractivity contribution is -0.137. The second-order valence-electron chi connectivity index (χ2n) is 6.61. The molecule has 0 fully saturated rings. The molecule has 0 spiro atoms. The number of hydrogen-bond acceptors (Lipinski definition) is 2. The van der Waals surface area contributed by atoms with E-state index in [-0.39, 0.29) is 6.10 Å². The monoisotopic (exact) mass is 326 g/mol. The van der Waals surface area contributed by atoms with Crippen LogP contribution in [-0.4, -0.2) is 22.3 Å². The van der Waals surface area contributed by atoms with E-state index < -0.39 is 5.97 Å². The Bertz CT molecular complexity index is 287. The Labute approximate surface area is 143 Å². The predicted octanol–water partition coefficient (Wildman–Crippen LogP) is 5.86. The van der Waals surface area contributed by atoms with E-state index in [2.05, 4.69) is 13.0 Å². The predicted molar refractivity (Wildman–Crippen MR) is 97.7 cm³/mol. The Hall–Kier alpha value is -0.830. The van der Waals surface area contributed by atoms with Gasteiger partial charge in [-0.25, -0.2) is 0 Å². The molecule has 0 bridgehead atoms. The molecule has 1 atom stereocenters. The van der Waals surface area contributed by atoms with Crippen molar-refractivity contribution in [3.05, 3.63) is 12.2 Å². The van der Waals surface area contributed by atoms with Crippen molar-refractivity contribution in [2.75, 3.05) is 0 Å². The van der Waals surface area contributed by atoms with E-state index in [0.29, 0.717) is 6.42 Å². The third kappa shape index (κ3) is 19.1. The lowest BCUT2D eigenvalue weighted by Crippen LogP contribution is -2.00. The number of aliphatic hydroxyl groups excluding tert-OH is 1. The van der Waals surface area contributed by atoms with Gasteiger partial charge in [-0.05, 0) is 25.7 Å². The summed E-state index contributed by atoms with van der Waals surface area (Å²) in [7, 11) is 0. The van der Waals surface area contributed by atoms with Gasteiger partial charge in [0.15, 0.2) is 0 Å². The molecule has 0 aliphatic heterocycles. The molecule has 0 aromatic heterocycles. The summed E-state index contributed by atoms with van der Waals surface area (Å²) in [5.41, 5.74) is 0. The Balaban J connectivity index is 3.16. The van der Waals surface area contributed by atoms with Crippen molar-refractivity contribution in [2.24, 2.45) is 0 Å². The average Bonchev–Trinajstić information content (AvgIpc) is 2.52. The van der Waals surface area contributed by atoms with Gasteiger partial charge in [0.25, 0.3) is 0 Å². The molecule has 2 N–H and O–H groups in total. The summed E-state index contributed by atoms with van der Waals surface area (Å²) in [5, 5.41) is 18.2. The van der Waals surface area contributed by atoms with Gasteiger partial charge in [-0.2, -0.15) is 0 Å². The molecular weight excluding hydrogens is 288 g/mol. The van der Waals surface area contributed by atoms with Crippen molar-refractivity contribution < 1.29 is 15.0 Å². The number of allylic oxidation sites excluding steroid dienone is 1. The fourth-order valence-electron chi connectivity index (χ4n) is 2.72. The molecule has 0 heterocycles. The van der Waals surface area contributed by atoms with E-state index in [1.165, 1.54) is 51.4 Å². The summed E-state index contributed by atoms with van der Waals surface area (Å²) in [5.74, 6) is -0.671. The fraction of sp³-hybridized carbons (Fsp3) is 0.850. The molecule has 23 heavy (non-hydrogen) atoms. The number of carbonyl (C=O) groups is 1. The molecule has 1 unspecified atom stereocenters. The van der Waals surface area contributed by atoms with Crippen LogP contribution in [-0.2, 0) is 4.79 Å². The van der Waals surface area contributed by atoms with Crippen molar-refractivity contribution in [3.63, 3.8) is 0 Å². The molecule has 0 saturated carbocycles. The van der Waals surface area contributed by atoms with E-state index in [1.807, 2.05) is 6.08 Å². The van der Waals surface area contributed by atoms with E-state index in [1.54, 1.807) is 0 Å². The zero-order valence-electron chi connectivity index (χ0n) is 15.1. The first-order chi connectivity index (χ1) is 11.2. The third-order valence-electron chi connectivity index (χ3n) is 4.22. The van der Waals surface area contributed by atoms with E-state index in [9.17, 15) is 9.90 Å². The molecule has 3 nitrogen and oxygen atoms in total. The maximum atomic E-state index is 10.4. The van der Waals surface area contributed by atoms with Crippen LogP contribution in [0.4, 0.5) is 0 Å². The van der Waals surface area contributed by atoms with Crippen LogP contribution < -0.4 is 0 Å². The molecule has 0 aromatic carbocycles. The van der Waals surface area contributed by atoms with Crippen molar-refractivity contribution in [2.45, 2.75) is 109 Å². The standard InChI is InChI=1S/C20H38O3/c1-2-3-16-19(21)17-14-12-10-8-6-4-5-7-9-11-13-15-18-20(22)23/h14,17,19,21H,2-13,15-16,18H2,1H3,(H,22,23)/b17-14+. The van der Waals surface area contributed by atoms with Gasteiger partial charge >= 0.3 is 5.97 Å². The van der Waals surface area contributed by atoms with Gasteiger partial charge in [-0.15, -0.1) is 0 Å². The van der Waals surface area contributed by atoms with Gasteiger partial charge in [0.05, 0.1) is 6.10 Å². The molecule has 3 heteroatoms. The summed E-state index contributed by atoms with van der Waals surface area (Å²) in [6.45, 7) is 2.15. The van der Waals surface area contributed by atoms with Gasteiger partial charge in [-0.1, -0.05) is 83.3 Å². The molecule has 0 amide bonds. The van der Waals surface area contributed by atoms with Gasteiger partial charge in [0, 0.05) is 6.42 Å². The number of rotatable bonds is 17. The second kappa shape index (κ2) is 17.5. The molecule has 0 radical (unpaired) electrons. The van der Waals surface area contributed by atoms with E-state index >= 15 is 0 Å². The Morgan fingerprint density at radius 2 is 1.39 bits per heavy atom. The highest BCUT2D eigenvalue weighted by molar-refractivity contribution is 5.66. The van der Waals surface area contributed by atoms with Gasteiger partial charge in [0.1, 0.15) is 0 Å². The van der Waals surface area contributed by atoms with Crippen LogP contribution in [0.3, 0.4) is 0 Å². The minimum Gasteiger partial charge on any atom is -0.481 e. The Morgan fingerprint density at radius 3 is 1.91 bits per heavy atom. The molecule has 136 valence electrons. The highest BCUT2D eigenvalue weighted by atomic mass is 16.4. The molecule has 0 aromatic rings. The largest absolute Gasteiger partial charge is 0.481 e. The quantitative estimate of drug-likeness (QED) is 0.260. The molecule has 0 saturated heterocycles. The van der Waals surface area contributed by atoms with Crippen LogP contribution in [0.1, 0.15) is 103 Å². The SMILES string of the molecule is CCCCC(O)/C=C/CCCCCCCCCCCCC(=O)O. The average molecular weight is 327 g/mol. The minimum absolute atomic E-state index is 0.245. The lowest BCUT2D eigenvalue weighted by Gasteiger charge is -2.03.